The highest BCUT2D eigenvalue weighted by atomic mass is 32.2. The Kier molecular flexibility index (Phi) is 8.01. The maximum absolute atomic E-state index is 12.7. The molecule has 242 valence electrons. The van der Waals surface area contributed by atoms with Crippen molar-refractivity contribution in [2.24, 2.45) is 0 Å². The average Bonchev–Trinajstić information content (AvgIpc) is 3.03. The van der Waals surface area contributed by atoms with Gasteiger partial charge in [-0.2, -0.15) is 0 Å². The van der Waals surface area contributed by atoms with E-state index in [1.807, 2.05) is 24.3 Å². The van der Waals surface area contributed by atoms with Crippen LogP contribution < -0.4 is 21.7 Å². The van der Waals surface area contributed by atoms with Crippen molar-refractivity contribution in [3.63, 3.8) is 0 Å². The van der Waals surface area contributed by atoms with Gasteiger partial charge >= 0.3 is 0 Å². The quantitative estimate of drug-likeness (QED) is 0.165. The van der Waals surface area contributed by atoms with Crippen LogP contribution >= 0.6 is 0 Å². The van der Waals surface area contributed by atoms with Crippen LogP contribution in [0.5, 0.6) is 0 Å². The molecule has 4 aliphatic rings. The fraction of sp³-hybridized carbons (Fsp3) is 0. The highest BCUT2D eigenvalue weighted by Crippen LogP contribution is 2.31. The van der Waals surface area contributed by atoms with Crippen molar-refractivity contribution in [2.45, 2.75) is 0 Å². The first-order chi connectivity index (χ1) is 22.7. The molecule has 16 heteroatoms. The fourth-order valence-corrected chi connectivity index (χ4v) is 6.16. The van der Waals surface area contributed by atoms with Crippen molar-refractivity contribution in [1.82, 2.24) is 10.9 Å². The van der Waals surface area contributed by atoms with Gasteiger partial charge in [-0.1, -0.05) is 36.4 Å². The van der Waals surface area contributed by atoms with Crippen LogP contribution in [0.2, 0.25) is 0 Å². The molecule has 2 aromatic carbocycles. The number of hydrazine groups is 2. The van der Waals surface area contributed by atoms with E-state index in [2.05, 4.69) is 21.7 Å². The van der Waals surface area contributed by atoms with E-state index >= 15 is 0 Å². The Bertz CT molecular complexity index is 2160. The van der Waals surface area contributed by atoms with Gasteiger partial charge in [0.2, 0.25) is 0 Å². The van der Waals surface area contributed by atoms with Crippen LogP contribution in [0, 0.1) is 10.8 Å². The van der Waals surface area contributed by atoms with E-state index in [0.717, 1.165) is 35.4 Å². The van der Waals surface area contributed by atoms with Crippen molar-refractivity contribution in [2.75, 3.05) is 10.9 Å². The monoisotopic (exact) mass is 682 g/mol. The molecule has 0 atom stereocenters. The normalized spacial score (nSPS) is 17.6. The lowest BCUT2D eigenvalue weighted by Gasteiger charge is -2.24. The molecule has 0 saturated carbocycles. The average molecular weight is 683 g/mol. The first-order valence-corrected chi connectivity index (χ1v) is 16.7. The smallest absolute Gasteiger partial charge is 0.189 e. The zero-order valence-electron chi connectivity index (χ0n) is 24.3. The highest BCUT2D eigenvalue weighted by Gasteiger charge is 2.29. The van der Waals surface area contributed by atoms with E-state index < -0.39 is 41.6 Å². The Morgan fingerprint density at radius 3 is 1.19 bits per heavy atom. The largest absolute Gasteiger partial charge is 0.744 e. The summed E-state index contributed by atoms with van der Waals surface area (Å²) < 4.78 is 68.5. The van der Waals surface area contributed by atoms with Gasteiger partial charge in [0.25, 0.3) is 0 Å². The Hall–Kier alpha value is -5.94. The molecule has 0 unspecified atom stereocenters. The lowest BCUT2D eigenvalue weighted by molar-refractivity contribution is -0.112. The number of anilines is 2. The lowest BCUT2D eigenvalue weighted by atomic mass is 9.89. The van der Waals surface area contributed by atoms with Crippen molar-refractivity contribution in [3.05, 3.63) is 141 Å². The molecule has 14 nitrogen and oxygen atoms in total. The summed E-state index contributed by atoms with van der Waals surface area (Å²) in [6.07, 6.45) is 9.20. The van der Waals surface area contributed by atoms with Gasteiger partial charge in [0.15, 0.2) is 11.6 Å². The number of carbonyl (C=O) groups is 2. The molecule has 0 aliphatic heterocycles. The summed E-state index contributed by atoms with van der Waals surface area (Å²) in [5, 5.41) is 16.5. The van der Waals surface area contributed by atoms with Crippen molar-refractivity contribution >= 4 is 54.6 Å². The summed E-state index contributed by atoms with van der Waals surface area (Å²) in [6, 6.07) is 14.3. The number of nitrogens with one attached hydrogen (secondary N) is 6. The summed E-state index contributed by atoms with van der Waals surface area (Å²) >= 11 is 0. The molecule has 0 aromatic heterocycles. The predicted octanol–water partition coefficient (Wildman–Crippen LogP) is 2.75. The third kappa shape index (κ3) is 6.36. The van der Waals surface area contributed by atoms with Crippen LogP contribution in [0.1, 0.15) is 0 Å². The molecular weight excluding hydrogens is 661 g/mol. The van der Waals surface area contributed by atoms with E-state index in [1.165, 1.54) is 24.3 Å². The molecule has 0 bridgehead atoms. The molecule has 0 heterocycles. The van der Waals surface area contributed by atoms with Crippen LogP contribution in [0.4, 0.5) is 11.4 Å². The fourth-order valence-electron chi connectivity index (χ4n) is 5.11. The number of hydrogen-bond acceptors (Lipinski definition) is 14. The minimum Gasteiger partial charge on any atom is -0.744 e. The molecule has 0 amide bonds. The van der Waals surface area contributed by atoms with E-state index in [-0.39, 0.29) is 45.1 Å². The van der Waals surface area contributed by atoms with Crippen LogP contribution in [0.3, 0.4) is 0 Å². The SMILES string of the molecule is N=C1C=CC2=CC(S(=O)(=O)[O-])=CC(=O)C2=C1NNc1ccc(-c2ccc(NNC3=C4C(=O)C=C(S(=O)(=O)[O-])C=C4C=CC3=N)cc2)cc1. The second-order valence-corrected chi connectivity index (χ2v) is 13.3. The van der Waals surface area contributed by atoms with Gasteiger partial charge in [-0.15, -0.1) is 0 Å². The topological polar surface area (TPSA) is 244 Å². The van der Waals surface area contributed by atoms with Gasteiger partial charge in [-0.05, 0) is 70.8 Å². The van der Waals surface area contributed by atoms with Crippen LogP contribution in [0.15, 0.2) is 141 Å². The maximum Gasteiger partial charge on any atom is 0.189 e. The molecule has 0 spiro atoms. The van der Waals surface area contributed by atoms with E-state index in [9.17, 15) is 35.5 Å². The standard InChI is InChI=1S/C32H24N6O8S2/c33-25-11-5-19-13-23(47(41,42)43)15-27(39)29(19)31(25)37-35-21-7-1-17(2-8-21)18-3-9-22(10-4-18)36-38-32-26(34)12-6-20-14-24(48(44,45)46)16-28(40)30(20)32/h1-16,33-38H,(H,41,42,43)(H,44,45,46)/p-2. The summed E-state index contributed by atoms with van der Waals surface area (Å²) in [6.45, 7) is 0. The van der Waals surface area contributed by atoms with Crippen LogP contribution in [-0.2, 0) is 29.8 Å². The number of benzene rings is 2. The van der Waals surface area contributed by atoms with E-state index in [0.29, 0.717) is 11.4 Å². The molecule has 6 N–H and O–H groups in total. The summed E-state index contributed by atoms with van der Waals surface area (Å²) in [7, 11) is -9.67. The zero-order valence-corrected chi connectivity index (χ0v) is 26.0. The number of rotatable bonds is 9. The van der Waals surface area contributed by atoms with E-state index in [4.69, 9.17) is 10.8 Å². The Morgan fingerprint density at radius 2 is 0.854 bits per heavy atom. The third-order valence-corrected chi connectivity index (χ3v) is 9.08. The molecule has 4 aliphatic carbocycles. The van der Waals surface area contributed by atoms with Gasteiger partial charge in [-0.3, -0.25) is 31.3 Å². The van der Waals surface area contributed by atoms with E-state index in [1.54, 1.807) is 24.3 Å². The molecule has 2 aromatic rings. The number of carbonyl (C=O) groups excluding carboxylic acids is 2. The van der Waals surface area contributed by atoms with Gasteiger partial charge in [0, 0.05) is 12.2 Å². The summed E-state index contributed by atoms with van der Waals surface area (Å²) in [5.74, 6) is -1.44. The molecule has 48 heavy (non-hydrogen) atoms. The molecule has 0 radical (unpaired) electrons. The number of hydrogen-bond donors (Lipinski definition) is 6. The van der Waals surface area contributed by atoms with Crippen molar-refractivity contribution in [3.8, 4) is 11.1 Å². The Morgan fingerprint density at radius 1 is 0.500 bits per heavy atom. The second kappa shape index (κ2) is 12.0. The minimum atomic E-state index is -4.83. The number of ketones is 2. The van der Waals surface area contributed by atoms with Gasteiger partial charge in [0.1, 0.15) is 20.2 Å². The van der Waals surface area contributed by atoms with Crippen LogP contribution in [-0.4, -0.2) is 48.9 Å². The molecule has 6 rings (SSSR count). The van der Waals surface area contributed by atoms with Gasteiger partial charge < -0.3 is 20.0 Å². The molecular formula is C32H22N6O8S2-2. The van der Waals surface area contributed by atoms with Gasteiger partial charge in [0.05, 0.1) is 55.1 Å². The van der Waals surface area contributed by atoms with Crippen molar-refractivity contribution < 1.29 is 35.5 Å². The highest BCUT2D eigenvalue weighted by molar-refractivity contribution is 7.90. The number of fused-ring (bicyclic) bond motifs is 2. The minimum absolute atomic E-state index is 0.0265. The zero-order chi connectivity index (χ0) is 34.4. The van der Waals surface area contributed by atoms with Crippen molar-refractivity contribution in [1.29, 1.82) is 10.8 Å². The van der Waals surface area contributed by atoms with Gasteiger partial charge in [-0.25, -0.2) is 16.8 Å². The molecule has 0 saturated heterocycles. The van der Waals surface area contributed by atoms with Crippen LogP contribution in [0.25, 0.3) is 11.1 Å². The summed E-state index contributed by atoms with van der Waals surface area (Å²) in [5.41, 5.74) is 15.1. The first kappa shape index (κ1) is 32.0. The first-order valence-electron chi connectivity index (χ1n) is 13.8. The predicted molar refractivity (Wildman–Crippen MR) is 175 cm³/mol. The Labute approximate surface area is 273 Å². The Balaban J connectivity index is 1.12. The maximum atomic E-state index is 12.7. The summed E-state index contributed by atoms with van der Waals surface area (Å²) in [4.78, 5) is 24.1. The molecule has 0 fully saturated rings. The second-order valence-electron chi connectivity index (χ2n) is 10.6. The number of allylic oxidation sites excluding steroid dienone is 12. The third-order valence-electron chi connectivity index (χ3n) is 7.45. The lowest BCUT2D eigenvalue weighted by Crippen LogP contribution is -2.31.